The van der Waals surface area contributed by atoms with Crippen LogP contribution in [0.15, 0.2) is 0 Å². The molecule has 0 aromatic carbocycles. The lowest BCUT2D eigenvalue weighted by Crippen LogP contribution is -2.39. The van der Waals surface area contributed by atoms with Gasteiger partial charge in [0, 0.05) is 12.6 Å². The molecule has 0 radical (unpaired) electrons. The van der Waals surface area contributed by atoms with Gasteiger partial charge in [0.1, 0.15) is 0 Å². The fourth-order valence-electron chi connectivity index (χ4n) is 2.01. The average Bonchev–Trinajstić information content (AvgIpc) is 2.84. The number of nitrogens with one attached hydrogen (secondary N) is 1. The van der Waals surface area contributed by atoms with E-state index in [-0.39, 0.29) is 17.9 Å². The van der Waals surface area contributed by atoms with Crippen LogP contribution in [0.2, 0.25) is 0 Å². The number of carbonyl (C=O) groups excluding carboxylic acids is 1. The lowest BCUT2D eigenvalue weighted by atomic mass is 10.0. The summed E-state index contributed by atoms with van der Waals surface area (Å²) in [5, 5.41) is 3.00. The van der Waals surface area contributed by atoms with E-state index in [0.29, 0.717) is 0 Å². The zero-order valence-corrected chi connectivity index (χ0v) is 7.96. The average molecular weight is 182 g/mol. The molecule has 2 rings (SSSR count). The third kappa shape index (κ3) is 2.21. The van der Waals surface area contributed by atoms with Gasteiger partial charge in [0.25, 0.3) is 0 Å². The van der Waals surface area contributed by atoms with E-state index in [1.807, 2.05) is 0 Å². The summed E-state index contributed by atoms with van der Waals surface area (Å²) >= 11 is 0. The third-order valence-corrected chi connectivity index (χ3v) is 3.17. The topological polar surface area (TPSA) is 55.1 Å². The molecule has 2 unspecified atom stereocenters. The van der Waals surface area contributed by atoms with Crippen molar-refractivity contribution in [3.63, 3.8) is 0 Å². The second kappa shape index (κ2) is 3.66. The molecular formula is C10H18N2O. The minimum absolute atomic E-state index is 0.0961. The summed E-state index contributed by atoms with van der Waals surface area (Å²) in [5.41, 5.74) is 5.84. The van der Waals surface area contributed by atoms with Crippen LogP contribution in [0.25, 0.3) is 0 Å². The SMILES string of the molecule is NC1CCCC1C(=O)NCC1CC1. The van der Waals surface area contributed by atoms with E-state index in [1.54, 1.807) is 0 Å². The van der Waals surface area contributed by atoms with Crippen molar-refractivity contribution in [1.82, 2.24) is 5.32 Å². The van der Waals surface area contributed by atoms with E-state index in [0.717, 1.165) is 31.7 Å². The van der Waals surface area contributed by atoms with E-state index < -0.39 is 0 Å². The first-order valence-corrected chi connectivity index (χ1v) is 5.30. The maximum absolute atomic E-state index is 11.6. The highest BCUT2D eigenvalue weighted by molar-refractivity contribution is 5.79. The van der Waals surface area contributed by atoms with Crippen LogP contribution in [0, 0.1) is 11.8 Å². The Bertz CT molecular complexity index is 201. The summed E-state index contributed by atoms with van der Waals surface area (Å²) in [6.07, 6.45) is 5.69. The molecule has 2 saturated carbocycles. The molecule has 2 aliphatic rings. The lowest BCUT2D eigenvalue weighted by Gasteiger charge is -2.14. The van der Waals surface area contributed by atoms with Crippen LogP contribution in [0.3, 0.4) is 0 Å². The molecule has 3 nitrogen and oxygen atoms in total. The van der Waals surface area contributed by atoms with Gasteiger partial charge in [0.2, 0.25) is 5.91 Å². The van der Waals surface area contributed by atoms with Gasteiger partial charge in [-0.25, -0.2) is 0 Å². The summed E-state index contributed by atoms with van der Waals surface area (Å²) in [7, 11) is 0. The largest absolute Gasteiger partial charge is 0.356 e. The zero-order chi connectivity index (χ0) is 9.26. The zero-order valence-electron chi connectivity index (χ0n) is 7.96. The van der Waals surface area contributed by atoms with E-state index >= 15 is 0 Å². The molecule has 0 saturated heterocycles. The van der Waals surface area contributed by atoms with Gasteiger partial charge in [-0.15, -0.1) is 0 Å². The summed E-state index contributed by atoms with van der Waals surface area (Å²) in [5.74, 6) is 1.05. The van der Waals surface area contributed by atoms with Crippen molar-refractivity contribution in [3.05, 3.63) is 0 Å². The Morgan fingerprint density at radius 1 is 1.31 bits per heavy atom. The Hall–Kier alpha value is -0.570. The molecular weight excluding hydrogens is 164 g/mol. The number of amides is 1. The predicted octanol–water partition coefficient (Wildman–Crippen LogP) is 0.640. The van der Waals surface area contributed by atoms with Gasteiger partial charge < -0.3 is 11.1 Å². The van der Waals surface area contributed by atoms with E-state index in [1.165, 1.54) is 12.8 Å². The molecule has 0 aliphatic heterocycles. The molecule has 0 heterocycles. The van der Waals surface area contributed by atoms with E-state index in [9.17, 15) is 4.79 Å². The van der Waals surface area contributed by atoms with Gasteiger partial charge >= 0.3 is 0 Å². The Kier molecular flexibility index (Phi) is 2.54. The third-order valence-electron chi connectivity index (χ3n) is 3.17. The maximum atomic E-state index is 11.6. The standard InChI is InChI=1S/C10H18N2O/c11-9-3-1-2-8(9)10(13)12-6-7-4-5-7/h7-9H,1-6,11H2,(H,12,13). The smallest absolute Gasteiger partial charge is 0.224 e. The van der Waals surface area contributed by atoms with Crippen LogP contribution < -0.4 is 11.1 Å². The molecule has 1 amide bonds. The first-order chi connectivity index (χ1) is 6.27. The highest BCUT2D eigenvalue weighted by atomic mass is 16.1. The first-order valence-electron chi connectivity index (χ1n) is 5.30. The molecule has 2 aliphatic carbocycles. The van der Waals surface area contributed by atoms with Gasteiger partial charge in [0.15, 0.2) is 0 Å². The normalized spacial score (nSPS) is 33.3. The van der Waals surface area contributed by atoms with Crippen LogP contribution in [0.4, 0.5) is 0 Å². The molecule has 0 bridgehead atoms. The Morgan fingerprint density at radius 2 is 2.08 bits per heavy atom. The monoisotopic (exact) mass is 182 g/mol. The molecule has 2 atom stereocenters. The summed E-state index contributed by atoms with van der Waals surface area (Å²) in [6.45, 7) is 0.877. The maximum Gasteiger partial charge on any atom is 0.224 e. The molecule has 74 valence electrons. The highest BCUT2D eigenvalue weighted by Crippen LogP contribution is 2.28. The van der Waals surface area contributed by atoms with Gasteiger partial charge in [-0.05, 0) is 31.6 Å². The van der Waals surface area contributed by atoms with Crippen molar-refractivity contribution in [3.8, 4) is 0 Å². The number of rotatable bonds is 3. The fourth-order valence-corrected chi connectivity index (χ4v) is 2.01. The molecule has 2 fully saturated rings. The Balaban J connectivity index is 1.74. The molecule has 0 aromatic rings. The van der Waals surface area contributed by atoms with Crippen LogP contribution in [0.5, 0.6) is 0 Å². The molecule has 0 spiro atoms. The van der Waals surface area contributed by atoms with Crippen molar-refractivity contribution >= 4 is 5.91 Å². The summed E-state index contributed by atoms with van der Waals surface area (Å²) in [6, 6.07) is 0.110. The van der Waals surface area contributed by atoms with Crippen molar-refractivity contribution in [2.45, 2.75) is 38.1 Å². The first kappa shape index (κ1) is 9.00. The quantitative estimate of drug-likeness (QED) is 0.673. The Labute approximate surface area is 79.1 Å². The van der Waals surface area contributed by atoms with Gasteiger partial charge in [-0.2, -0.15) is 0 Å². The summed E-state index contributed by atoms with van der Waals surface area (Å²) in [4.78, 5) is 11.6. The van der Waals surface area contributed by atoms with Gasteiger partial charge in [0.05, 0.1) is 5.92 Å². The van der Waals surface area contributed by atoms with E-state index in [4.69, 9.17) is 5.73 Å². The van der Waals surface area contributed by atoms with Gasteiger partial charge in [-0.1, -0.05) is 6.42 Å². The predicted molar refractivity (Wildman–Crippen MR) is 51.1 cm³/mol. The molecule has 3 N–H and O–H groups in total. The molecule has 0 aromatic heterocycles. The Morgan fingerprint density at radius 3 is 2.62 bits per heavy atom. The second-order valence-electron chi connectivity index (χ2n) is 4.39. The van der Waals surface area contributed by atoms with Crippen LogP contribution in [-0.2, 0) is 4.79 Å². The second-order valence-corrected chi connectivity index (χ2v) is 4.39. The van der Waals surface area contributed by atoms with Gasteiger partial charge in [-0.3, -0.25) is 4.79 Å². The number of carbonyl (C=O) groups is 1. The van der Waals surface area contributed by atoms with Crippen molar-refractivity contribution < 1.29 is 4.79 Å². The minimum Gasteiger partial charge on any atom is -0.356 e. The van der Waals surface area contributed by atoms with E-state index in [2.05, 4.69) is 5.32 Å². The number of hydrogen-bond donors (Lipinski definition) is 2. The van der Waals surface area contributed by atoms with Crippen LogP contribution in [-0.4, -0.2) is 18.5 Å². The molecule has 3 heteroatoms. The fraction of sp³-hybridized carbons (Fsp3) is 0.900. The highest BCUT2D eigenvalue weighted by Gasteiger charge is 2.31. The minimum atomic E-state index is 0.0961. The van der Waals surface area contributed by atoms with Crippen molar-refractivity contribution in [2.24, 2.45) is 17.6 Å². The summed E-state index contributed by atoms with van der Waals surface area (Å²) < 4.78 is 0. The molecule has 13 heavy (non-hydrogen) atoms. The van der Waals surface area contributed by atoms with Crippen molar-refractivity contribution in [2.75, 3.05) is 6.54 Å². The van der Waals surface area contributed by atoms with Crippen LogP contribution >= 0.6 is 0 Å². The lowest BCUT2D eigenvalue weighted by molar-refractivity contribution is -0.125. The number of nitrogens with two attached hydrogens (primary N) is 1. The van der Waals surface area contributed by atoms with Crippen molar-refractivity contribution in [1.29, 1.82) is 0 Å². The number of hydrogen-bond acceptors (Lipinski definition) is 2. The van der Waals surface area contributed by atoms with Crippen LogP contribution in [0.1, 0.15) is 32.1 Å².